The van der Waals surface area contributed by atoms with Crippen molar-refractivity contribution in [1.82, 2.24) is 4.90 Å². The SMILES string of the molecule is CCC(CC)(CBr)CN1C(=O)C2CCCC2C1=O. The van der Waals surface area contributed by atoms with Gasteiger partial charge >= 0.3 is 0 Å². The van der Waals surface area contributed by atoms with Gasteiger partial charge in [0.25, 0.3) is 0 Å². The Hall–Kier alpha value is -0.380. The summed E-state index contributed by atoms with van der Waals surface area (Å²) in [6.07, 6.45) is 4.82. The van der Waals surface area contributed by atoms with E-state index in [1.54, 1.807) is 4.90 Å². The highest BCUT2D eigenvalue weighted by atomic mass is 79.9. The van der Waals surface area contributed by atoms with Crippen LogP contribution in [0.3, 0.4) is 0 Å². The van der Waals surface area contributed by atoms with E-state index in [4.69, 9.17) is 0 Å². The lowest BCUT2D eigenvalue weighted by atomic mass is 9.84. The van der Waals surface area contributed by atoms with Crippen molar-refractivity contribution in [2.24, 2.45) is 17.3 Å². The van der Waals surface area contributed by atoms with Crippen molar-refractivity contribution >= 4 is 27.7 Å². The largest absolute Gasteiger partial charge is 0.282 e. The maximum absolute atomic E-state index is 12.3. The number of amides is 2. The number of hydrogen-bond acceptors (Lipinski definition) is 2. The molecule has 0 bridgehead atoms. The fourth-order valence-corrected chi connectivity index (χ4v) is 4.23. The van der Waals surface area contributed by atoms with Crippen LogP contribution in [0.5, 0.6) is 0 Å². The summed E-state index contributed by atoms with van der Waals surface area (Å²) in [6.45, 7) is 4.86. The Balaban J connectivity index is 2.14. The molecule has 0 aromatic heterocycles. The molecule has 2 amide bonds. The molecule has 2 unspecified atom stereocenters. The minimum absolute atomic E-state index is 0.000706. The molecule has 0 N–H and O–H groups in total. The van der Waals surface area contributed by atoms with E-state index >= 15 is 0 Å². The molecule has 2 rings (SSSR count). The second kappa shape index (κ2) is 5.32. The van der Waals surface area contributed by atoms with E-state index in [1.807, 2.05) is 0 Å². The number of rotatable bonds is 5. The molecule has 0 radical (unpaired) electrons. The van der Waals surface area contributed by atoms with Crippen LogP contribution in [0.1, 0.15) is 46.0 Å². The summed E-state index contributed by atoms with van der Waals surface area (Å²) >= 11 is 3.55. The van der Waals surface area contributed by atoms with Crippen molar-refractivity contribution in [3.8, 4) is 0 Å². The van der Waals surface area contributed by atoms with Crippen LogP contribution in [-0.2, 0) is 9.59 Å². The van der Waals surface area contributed by atoms with Gasteiger partial charge in [-0.05, 0) is 31.1 Å². The van der Waals surface area contributed by atoms with Gasteiger partial charge in [0.15, 0.2) is 0 Å². The van der Waals surface area contributed by atoms with Gasteiger partial charge in [-0.3, -0.25) is 14.5 Å². The van der Waals surface area contributed by atoms with Crippen molar-refractivity contribution in [2.75, 3.05) is 11.9 Å². The summed E-state index contributed by atoms with van der Waals surface area (Å²) in [5.74, 6) is 0.183. The first kappa shape index (κ1) is 14.0. The monoisotopic (exact) mass is 315 g/mol. The number of imide groups is 1. The van der Waals surface area contributed by atoms with Gasteiger partial charge in [0.1, 0.15) is 0 Å². The summed E-state index contributed by atoms with van der Waals surface area (Å²) in [5.41, 5.74) is 0.0456. The van der Waals surface area contributed by atoms with E-state index in [0.29, 0.717) is 6.54 Å². The van der Waals surface area contributed by atoms with E-state index in [2.05, 4.69) is 29.8 Å². The van der Waals surface area contributed by atoms with Gasteiger partial charge in [-0.15, -0.1) is 0 Å². The molecule has 1 heterocycles. The normalized spacial score (nSPS) is 28.1. The summed E-state index contributed by atoms with van der Waals surface area (Å²) in [4.78, 5) is 26.2. The molecular weight excluding hydrogens is 294 g/mol. The molecule has 2 atom stereocenters. The Labute approximate surface area is 117 Å². The average Bonchev–Trinajstić information content (AvgIpc) is 2.95. The molecule has 1 aliphatic heterocycles. The number of alkyl halides is 1. The number of likely N-dealkylation sites (tertiary alicyclic amines) is 1. The molecule has 18 heavy (non-hydrogen) atoms. The lowest BCUT2D eigenvalue weighted by Gasteiger charge is -2.33. The van der Waals surface area contributed by atoms with Crippen LogP contribution in [0.2, 0.25) is 0 Å². The molecule has 3 nitrogen and oxygen atoms in total. The first-order chi connectivity index (χ1) is 8.58. The van der Waals surface area contributed by atoms with E-state index in [9.17, 15) is 9.59 Å². The Morgan fingerprint density at radius 3 is 2.06 bits per heavy atom. The summed E-state index contributed by atoms with van der Waals surface area (Å²) < 4.78 is 0. The van der Waals surface area contributed by atoms with Crippen molar-refractivity contribution in [3.05, 3.63) is 0 Å². The zero-order valence-electron chi connectivity index (χ0n) is 11.2. The van der Waals surface area contributed by atoms with Crippen molar-refractivity contribution in [2.45, 2.75) is 46.0 Å². The molecule has 0 aromatic rings. The zero-order valence-corrected chi connectivity index (χ0v) is 12.8. The molecule has 1 saturated heterocycles. The fraction of sp³-hybridized carbons (Fsp3) is 0.857. The third kappa shape index (κ3) is 2.13. The first-order valence-corrected chi connectivity index (χ1v) is 8.12. The number of hydrogen-bond donors (Lipinski definition) is 0. The second-order valence-corrected chi connectivity index (χ2v) is 6.31. The maximum atomic E-state index is 12.3. The predicted molar refractivity (Wildman–Crippen MR) is 74.4 cm³/mol. The van der Waals surface area contributed by atoms with Gasteiger partial charge < -0.3 is 0 Å². The summed E-state index contributed by atoms with van der Waals surface area (Å²) in [5, 5.41) is 0.847. The molecule has 2 fully saturated rings. The summed E-state index contributed by atoms with van der Waals surface area (Å²) in [6, 6.07) is 0. The lowest BCUT2D eigenvalue weighted by molar-refractivity contribution is -0.142. The van der Waals surface area contributed by atoms with Crippen LogP contribution in [-0.4, -0.2) is 28.6 Å². The standard InChI is InChI=1S/C14H22BrNO2/c1-3-14(4-2,8-15)9-16-12(17)10-6-5-7-11(10)13(16)18/h10-11H,3-9H2,1-2H3. The Morgan fingerprint density at radius 1 is 1.17 bits per heavy atom. The molecule has 1 aliphatic carbocycles. The number of carbonyl (C=O) groups is 2. The van der Waals surface area contributed by atoms with Crippen LogP contribution in [0.15, 0.2) is 0 Å². The van der Waals surface area contributed by atoms with Crippen LogP contribution < -0.4 is 0 Å². The number of halogens is 1. The second-order valence-electron chi connectivity index (χ2n) is 5.75. The molecule has 4 heteroatoms. The lowest BCUT2D eigenvalue weighted by Crippen LogP contribution is -2.42. The van der Waals surface area contributed by atoms with Gasteiger partial charge in [-0.1, -0.05) is 36.2 Å². The Morgan fingerprint density at radius 2 is 1.67 bits per heavy atom. The van der Waals surface area contributed by atoms with Crippen molar-refractivity contribution < 1.29 is 9.59 Å². The van der Waals surface area contributed by atoms with E-state index in [-0.39, 0.29) is 29.1 Å². The third-order valence-electron chi connectivity index (χ3n) is 4.96. The minimum atomic E-state index is -0.000706. The van der Waals surface area contributed by atoms with Crippen LogP contribution >= 0.6 is 15.9 Å². The van der Waals surface area contributed by atoms with E-state index in [0.717, 1.165) is 37.4 Å². The highest BCUT2D eigenvalue weighted by Gasteiger charge is 2.50. The molecule has 1 saturated carbocycles. The highest BCUT2D eigenvalue weighted by molar-refractivity contribution is 9.09. The van der Waals surface area contributed by atoms with Crippen molar-refractivity contribution in [3.63, 3.8) is 0 Å². The number of carbonyl (C=O) groups excluding carboxylic acids is 2. The Kier molecular flexibility index (Phi) is 4.15. The van der Waals surface area contributed by atoms with Gasteiger partial charge in [-0.25, -0.2) is 0 Å². The molecule has 2 aliphatic rings. The maximum Gasteiger partial charge on any atom is 0.233 e. The van der Waals surface area contributed by atoms with E-state index < -0.39 is 0 Å². The summed E-state index contributed by atoms with van der Waals surface area (Å²) in [7, 11) is 0. The smallest absolute Gasteiger partial charge is 0.233 e. The van der Waals surface area contributed by atoms with Crippen molar-refractivity contribution in [1.29, 1.82) is 0 Å². The fourth-order valence-electron chi connectivity index (χ4n) is 3.26. The number of nitrogens with zero attached hydrogens (tertiary/aromatic N) is 1. The molecule has 0 spiro atoms. The highest BCUT2D eigenvalue weighted by Crippen LogP contribution is 2.41. The van der Waals surface area contributed by atoms with Crippen LogP contribution in [0, 0.1) is 17.3 Å². The number of fused-ring (bicyclic) bond motifs is 1. The first-order valence-electron chi connectivity index (χ1n) is 6.99. The topological polar surface area (TPSA) is 37.4 Å². The molecule has 0 aromatic carbocycles. The van der Waals surface area contributed by atoms with Gasteiger partial charge in [0.2, 0.25) is 11.8 Å². The van der Waals surface area contributed by atoms with E-state index in [1.165, 1.54) is 0 Å². The van der Waals surface area contributed by atoms with Crippen LogP contribution in [0.25, 0.3) is 0 Å². The molecular formula is C14H22BrNO2. The van der Waals surface area contributed by atoms with Gasteiger partial charge in [-0.2, -0.15) is 0 Å². The van der Waals surface area contributed by atoms with Gasteiger partial charge in [0, 0.05) is 11.9 Å². The minimum Gasteiger partial charge on any atom is -0.282 e. The molecule has 102 valence electrons. The van der Waals surface area contributed by atoms with Crippen LogP contribution in [0.4, 0.5) is 0 Å². The van der Waals surface area contributed by atoms with Gasteiger partial charge in [0.05, 0.1) is 11.8 Å². The quantitative estimate of drug-likeness (QED) is 0.578. The predicted octanol–water partition coefficient (Wildman–Crippen LogP) is 2.97. The average molecular weight is 316 g/mol. The third-order valence-corrected chi connectivity index (χ3v) is 6.15. The zero-order chi connectivity index (χ0) is 13.3. The Bertz CT molecular complexity index is 321.